The van der Waals surface area contributed by atoms with E-state index in [1.807, 2.05) is 0 Å². The summed E-state index contributed by atoms with van der Waals surface area (Å²) >= 11 is 0. The first-order chi connectivity index (χ1) is 7.63. The van der Waals surface area contributed by atoms with E-state index in [0.717, 1.165) is 0 Å². The Morgan fingerprint density at radius 3 is 2.94 bits per heavy atom. The van der Waals surface area contributed by atoms with Crippen LogP contribution in [0, 0.1) is 11.8 Å². The molecule has 0 bridgehead atoms. The monoisotopic (exact) mass is 218 g/mol. The van der Waals surface area contributed by atoms with Crippen molar-refractivity contribution >= 4 is 11.6 Å². The van der Waals surface area contributed by atoms with Gasteiger partial charge in [0.05, 0.1) is 19.2 Å². The van der Waals surface area contributed by atoms with E-state index < -0.39 is 0 Å². The van der Waals surface area contributed by atoms with Crippen LogP contribution >= 0.6 is 0 Å². The normalized spacial score (nSPS) is 8.88. The maximum Gasteiger partial charge on any atom is 0.217 e. The van der Waals surface area contributed by atoms with Crippen molar-refractivity contribution in [1.29, 1.82) is 0 Å². The zero-order chi connectivity index (χ0) is 12.0. The third kappa shape index (κ3) is 3.54. The molecule has 3 N–H and O–H groups in total. The number of anilines is 1. The third-order valence-corrected chi connectivity index (χ3v) is 1.87. The summed E-state index contributed by atoms with van der Waals surface area (Å²) in [5.74, 6) is 6.28. The number of carbonyl (C=O) groups is 1. The van der Waals surface area contributed by atoms with Crippen LogP contribution < -0.4 is 15.8 Å². The summed E-state index contributed by atoms with van der Waals surface area (Å²) in [4.78, 5) is 10.6. The predicted molar refractivity (Wildman–Crippen MR) is 63.0 cm³/mol. The lowest BCUT2D eigenvalue weighted by molar-refractivity contribution is -0.118. The third-order valence-electron chi connectivity index (χ3n) is 1.87. The van der Waals surface area contributed by atoms with E-state index in [-0.39, 0.29) is 5.91 Å². The van der Waals surface area contributed by atoms with E-state index in [1.54, 1.807) is 25.3 Å². The van der Waals surface area contributed by atoms with Crippen LogP contribution in [-0.2, 0) is 4.79 Å². The van der Waals surface area contributed by atoms with Crippen molar-refractivity contribution in [2.45, 2.75) is 6.92 Å². The molecule has 16 heavy (non-hydrogen) atoms. The fourth-order valence-corrected chi connectivity index (χ4v) is 1.13. The molecule has 0 saturated carbocycles. The Morgan fingerprint density at radius 1 is 1.56 bits per heavy atom. The molecule has 1 aromatic rings. The summed E-state index contributed by atoms with van der Waals surface area (Å²) in [6.45, 7) is 1.76. The molecule has 0 unspecified atom stereocenters. The number of ether oxygens (including phenoxy) is 1. The Morgan fingerprint density at radius 2 is 2.31 bits per heavy atom. The summed E-state index contributed by atoms with van der Waals surface area (Å²) < 4.78 is 5.13. The number of nitrogens with two attached hydrogens (primary N) is 1. The molecule has 0 aliphatic rings. The van der Waals surface area contributed by atoms with Crippen molar-refractivity contribution < 1.29 is 9.53 Å². The lowest BCUT2D eigenvalue weighted by atomic mass is 10.2. The molecule has 0 heterocycles. The molecule has 0 aliphatic heterocycles. The molecule has 4 heteroatoms. The summed E-state index contributed by atoms with van der Waals surface area (Å²) in [6.07, 6.45) is 0. The Kier molecular flexibility index (Phi) is 4.22. The topological polar surface area (TPSA) is 64.3 Å². The highest BCUT2D eigenvalue weighted by molar-refractivity contribution is 5.73. The number of hydrogen-bond donors (Lipinski definition) is 2. The first kappa shape index (κ1) is 11.9. The van der Waals surface area contributed by atoms with Gasteiger partial charge in [0.25, 0.3) is 0 Å². The number of nitrogen functional groups attached to an aromatic ring is 1. The standard InChI is InChI=1S/C12H14N2O2/c1-9(15)14-7-3-4-10-8-11(13)5-6-12(10)16-2/h5-6,8H,7,13H2,1-2H3,(H,14,15). The number of carbonyl (C=O) groups excluding carboxylic acids is 1. The van der Waals surface area contributed by atoms with Gasteiger partial charge in [-0.25, -0.2) is 0 Å². The highest BCUT2D eigenvalue weighted by atomic mass is 16.5. The molecule has 0 radical (unpaired) electrons. The molecule has 0 aliphatic carbocycles. The molecule has 1 amide bonds. The minimum absolute atomic E-state index is 0.103. The fraction of sp³-hybridized carbons (Fsp3) is 0.250. The van der Waals surface area contributed by atoms with E-state index in [4.69, 9.17) is 10.5 Å². The zero-order valence-corrected chi connectivity index (χ0v) is 9.33. The number of rotatable bonds is 2. The average Bonchev–Trinajstić information content (AvgIpc) is 2.24. The molecule has 0 aromatic heterocycles. The SMILES string of the molecule is COc1ccc(N)cc1C#CCNC(C)=O. The second-order valence-electron chi connectivity index (χ2n) is 3.17. The van der Waals surface area contributed by atoms with Gasteiger partial charge in [-0.3, -0.25) is 4.79 Å². The van der Waals surface area contributed by atoms with Crippen LogP contribution in [0.2, 0.25) is 0 Å². The minimum atomic E-state index is -0.103. The maximum absolute atomic E-state index is 10.6. The zero-order valence-electron chi connectivity index (χ0n) is 9.33. The first-order valence-electron chi connectivity index (χ1n) is 4.80. The molecular formula is C12H14N2O2. The van der Waals surface area contributed by atoms with Crippen molar-refractivity contribution in [1.82, 2.24) is 5.32 Å². The summed E-state index contributed by atoms with van der Waals surface area (Å²) in [5, 5.41) is 2.58. The van der Waals surface area contributed by atoms with Crippen molar-refractivity contribution in [2.24, 2.45) is 0 Å². The molecule has 0 fully saturated rings. The second-order valence-corrected chi connectivity index (χ2v) is 3.17. The quantitative estimate of drug-likeness (QED) is 0.569. The lowest BCUT2D eigenvalue weighted by Crippen LogP contribution is -2.19. The number of benzene rings is 1. The van der Waals surface area contributed by atoms with Crippen LogP contribution in [0.5, 0.6) is 5.75 Å². The van der Waals surface area contributed by atoms with Crippen molar-refractivity contribution in [3.63, 3.8) is 0 Å². The maximum atomic E-state index is 10.6. The van der Waals surface area contributed by atoms with Gasteiger partial charge >= 0.3 is 0 Å². The molecular weight excluding hydrogens is 204 g/mol. The minimum Gasteiger partial charge on any atom is -0.495 e. The van der Waals surface area contributed by atoms with Crippen LogP contribution in [-0.4, -0.2) is 19.6 Å². The number of methoxy groups -OCH3 is 1. The summed E-state index contributed by atoms with van der Waals surface area (Å²) in [7, 11) is 1.57. The molecule has 1 rings (SSSR count). The van der Waals surface area contributed by atoms with Gasteiger partial charge in [-0.1, -0.05) is 11.8 Å². The van der Waals surface area contributed by atoms with Crippen molar-refractivity contribution in [3.05, 3.63) is 23.8 Å². The smallest absolute Gasteiger partial charge is 0.217 e. The van der Waals surface area contributed by atoms with Gasteiger partial charge in [-0.2, -0.15) is 0 Å². The highest BCUT2D eigenvalue weighted by Crippen LogP contribution is 2.19. The Balaban J connectivity index is 2.78. The van der Waals surface area contributed by atoms with Gasteiger partial charge in [0.15, 0.2) is 0 Å². The van der Waals surface area contributed by atoms with Gasteiger partial charge in [-0.15, -0.1) is 0 Å². The van der Waals surface area contributed by atoms with Crippen LogP contribution in [0.15, 0.2) is 18.2 Å². The summed E-state index contributed by atoms with van der Waals surface area (Å²) in [5.41, 5.74) is 6.99. The molecule has 0 saturated heterocycles. The largest absolute Gasteiger partial charge is 0.495 e. The molecule has 4 nitrogen and oxygen atoms in total. The Labute approximate surface area is 94.8 Å². The number of nitrogens with one attached hydrogen (secondary N) is 1. The Hall–Kier alpha value is -2.15. The lowest BCUT2D eigenvalue weighted by Gasteiger charge is -2.03. The van der Waals surface area contributed by atoms with Gasteiger partial charge in [0, 0.05) is 12.6 Å². The molecule has 0 atom stereocenters. The van der Waals surface area contributed by atoms with E-state index in [2.05, 4.69) is 17.2 Å². The number of amides is 1. The average molecular weight is 218 g/mol. The predicted octanol–water partition coefficient (Wildman–Crippen LogP) is 0.765. The molecule has 84 valence electrons. The molecule has 0 spiro atoms. The van der Waals surface area contributed by atoms with Gasteiger partial charge in [0.1, 0.15) is 5.75 Å². The highest BCUT2D eigenvalue weighted by Gasteiger charge is 1.99. The Bertz CT molecular complexity index is 444. The van der Waals surface area contributed by atoms with Gasteiger partial charge in [0.2, 0.25) is 5.91 Å². The van der Waals surface area contributed by atoms with Gasteiger partial charge in [-0.05, 0) is 18.2 Å². The second kappa shape index (κ2) is 5.66. The van der Waals surface area contributed by atoms with Crippen LogP contribution in [0.4, 0.5) is 5.69 Å². The molecule has 1 aromatic carbocycles. The van der Waals surface area contributed by atoms with Crippen LogP contribution in [0.3, 0.4) is 0 Å². The van der Waals surface area contributed by atoms with E-state index >= 15 is 0 Å². The van der Waals surface area contributed by atoms with Crippen molar-refractivity contribution in [3.8, 4) is 17.6 Å². The summed E-state index contributed by atoms with van der Waals surface area (Å²) in [6, 6.07) is 5.25. The van der Waals surface area contributed by atoms with Crippen LogP contribution in [0.1, 0.15) is 12.5 Å². The van der Waals surface area contributed by atoms with Gasteiger partial charge < -0.3 is 15.8 Å². The fourth-order valence-electron chi connectivity index (χ4n) is 1.13. The number of hydrogen-bond acceptors (Lipinski definition) is 3. The van der Waals surface area contributed by atoms with E-state index in [9.17, 15) is 4.79 Å². The van der Waals surface area contributed by atoms with Crippen molar-refractivity contribution in [2.75, 3.05) is 19.4 Å². The first-order valence-corrected chi connectivity index (χ1v) is 4.80. The van der Waals surface area contributed by atoms with Crippen LogP contribution in [0.25, 0.3) is 0 Å². The van der Waals surface area contributed by atoms with E-state index in [1.165, 1.54) is 6.92 Å². The van der Waals surface area contributed by atoms with E-state index in [0.29, 0.717) is 23.5 Å².